The van der Waals surface area contributed by atoms with Gasteiger partial charge in [0.05, 0.1) is 11.4 Å². The number of nitrogens with zero attached hydrogens (tertiary/aromatic N) is 2. The first-order valence-electron chi connectivity index (χ1n) is 14.0. The molecular weight excluding hydrogens is 496 g/mol. The van der Waals surface area contributed by atoms with E-state index in [1.54, 1.807) is 0 Å². The van der Waals surface area contributed by atoms with E-state index in [-0.39, 0.29) is 0 Å². The van der Waals surface area contributed by atoms with E-state index in [9.17, 15) is 0 Å². The van der Waals surface area contributed by atoms with Gasteiger partial charge in [-0.25, -0.2) is 9.97 Å². The molecule has 1 heterocycles. The van der Waals surface area contributed by atoms with Gasteiger partial charge in [0, 0.05) is 16.7 Å². The van der Waals surface area contributed by atoms with Crippen molar-refractivity contribution in [3.05, 3.63) is 157 Å². The summed E-state index contributed by atoms with van der Waals surface area (Å²) in [7, 11) is 0. The average molecular weight is 523 g/mol. The van der Waals surface area contributed by atoms with Crippen LogP contribution in [0.3, 0.4) is 0 Å². The fraction of sp³-hybridized carbons (Fsp3) is 0.0256. The Bertz CT molecular complexity index is 1990. The van der Waals surface area contributed by atoms with Gasteiger partial charge in [-0.3, -0.25) is 0 Å². The Morgan fingerprint density at radius 1 is 0.366 bits per heavy atom. The Kier molecular flexibility index (Phi) is 5.56. The molecule has 0 atom stereocenters. The summed E-state index contributed by atoms with van der Waals surface area (Å²) < 4.78 is 0. The summed E-state index contributed by atoms with van der Waals surface area (Å²) in [6, 6.07) is 51.6. The topological polar surface area (TPSA) is 25.8 Å². The lowest BCUT2D eigenvalue weighted by Gasteiger charge is -2.11. The molecule has 1 aromatic heterocycles. The van der Waals surface area contributed by atoms with E-state index in [2.05, 4.69) is 109 Å². The summed E-state index contributed by atoms with van der Waals surface area (Å²) in [4.78, 5) is 9.91. The van der Waals surface area contributed by atoms with E-state index in [0.717, 1.165) is 40.3 Å². The molecule has 7 aromatic rings. The maximum Gasteiger partial charge on any atom is 0.160 e. The minimum absolute atomic E-state index is 0.732. The zero-order chi connectivity index (χ0) is 27.2. The summed E-state index contributed by atoms with van der Waals surface area (Å²) in [6.45, 7) is 0. The van der Waals surface area contributed by atoms with Crippen molar-refractivity contribution in [3.63, 3.8) is 0 Å². The van der Waals surface area contributed by atoms with Gasteiger partial charge < -0.3 is 0 Å². The molecule has 2 heteroatoms. The van der Waals surface area contributed by atoms with Crippen molar-refractivity contribution in [1.29, 1.82) is 0 Å². The summed E-state index contributed by atoms with van der Waals surface area (Å²) in [5.41, 5.74) is 13.0. The highest BCUT2D eigenvalue weighted by atomic mass is 14.9. The largest absolute Gasteiger partial charge is 0.228 e. The fourth-order valence-electron chi connectivity index (χ4n) is 5.95. The lowest BCUT2D eigenvalue weighted by Crippen LogP contribution is -1.95. The Labute approximate surface area is 239 Å². The van der Waals surface area contributed by atoms with Gasteiger partial charge in [0.2, 0.25) is 0 Å². The van der Waals surface area contributed by atoms with E-state index >= 15 is 0 Å². The zero-order valence-electron chi connectivity index (χ0n) is 22.5. The molecule has 6 aromatic carbocycles. The number of rotatable bonds is 4. The van der Waals surface area contributed by atoms with Gasteiger partial charge >= 0.3 is 0 Å². The number of fused-ring (bicyclic) bond motifs is 4. The van der Waals surface area contributed by atoms with Crippen molar-refractivity contribution in [3.8, 4) is 56.2 Å². The zero-order valence-corrected chi connectivity index (χ0v) is 22.5. The molecule has 0 N–H and O–H groups in total. The normalized spacial score (nSPS) is 11.8. The highest BCUT2D eigenvalue weighted by Gasteiger charge is 2.20. The van der Waals surface area contributed by atoms with E-state index < -0.39 is 0 Å². The van der Waals surface area contributed by atoms with Crippen molar-refractivity contribution in [2.45, 2.75) is 6.42 Å². The minimum atomic E-state index is 0.732. The van der Waals surface area contributed by atoms with Crippen LogP contribution >= 0.6 is 0 Å². The third kappa shape index (κ3) is 4.31. The lowest BCUT2D eigenvalue weighted by atomic mass is 9.96. The smallest absolute Gasteiger partial charge is 0.160 e. The van der Waals surface area contributed by atoms with Gasteiger partial charge in [-0.1, -0.05) is 127 Å². The Morgan fingerprint density at radius 2 is 0.902 bits per heavy atom. The third-order valence-corrected chi connectivity index (χ3v) is 8.09. The molecule has 192 valence electrons. The summed E-state index contributed by atoms with van der Waals surface area (Å²) in [6.07, 6.45) is 0.996. The van der Waals surface area contributed by atoms with Crippen molar-refractivity contribution in [2.75, 3.05) is 0 Å². The van der Waals surface area contributed by atoms with Crippen molar-refractivity contribution in [1.82, 2.24) is 9.97 Å². The Balaban J connectivity index is 1.17. The van der Waals surface area contributed by atoms with Crippen LogP contribution in [-0.2, 0) is 6.42 Å². The quantitative estimate of drug-likeness (QED) is 0.230. The molecule has 0 radical (unpaired) electrons. The van der Waals surface area contributed by atoms with Crippen LogP contribution in [0.5, 0.6) is 0 Å². The van der Waals surface area contributed by atoms with E-state index in [4.69, 9.17) is 9.97 Å². The van der Waals surface area contributed by atoms with E-state index in [0.29, 0.717) is 0 Å². The molecule has 0 bridgehead atoms. The molecule has 2 nitrogen and oxygen atoms in total. The van der Waals surface area contributed by atoms with Crippen LogP contribution in [0, 0.1) is 0 Å². The lowest BCUT2D eigenvalue weighted by molar-refractivity contribution is 1.18. The van der Waals surface area contributed by atoms with Crippen molar-refractivity contribution in [2.24, 2.45) is 0 Å². The summed E-state index contributed by atoms with van der Waals surface area (Å²) in [5.74, 6) is 0.732. The van der Waals surface area contributed by atoms with Crippen LogP contribution in [-0.4, -0.2) is 9.97 Å². The maximum atomic E-state index is 4.99. The highest BCUT2D eigenvalue weighted by molar-refractivity contribution is 5.93. The number of benzene rings is 6. The van der Waals surface area contributed by atoms with Gasteiger partial charge in [0.25, 0.3) is 0 Å². The van der Waals surface area contributed by atoms with Crippen LogP contribution in [0.1, 0.15) is 11.1 Å². The second kappa shape index (κ2) is 9.69. The highest BCUT2D eigenvalue weighted by Crippen LogP contribution is 2.41. The fourth-order valence-corrected chi connectivity index (χ4v) is 5.95. The van der Waals surface area contributed by atoms with Crippen LogP contribution in [0.25, 0.3) is 66.9 Å². The second-order valence-corrected chi connectivity index (χ2v) is 10.7. The number of hydrogen-bond donors (Lipinski definition) is 0. The van der Waals surface area contributed by atoms with Crippen LogP contribution in [0.2, 0.25) is 0 Å². The maximum absolute atomic E-state index is 4.99. The third-order valence-electron chi connectivity index (χ3n) is 8.09. The van der Waals surface area contributed by atoms with Gasteiger partial charge in [-0.2, -0.15) is 0 Å². The Hall–Kier alpha value is -5.34. The molecule has 0 aliphatic heterocycles. The summed E-state index contributed by atoms with van der Waals surface area (Å²) >= 11 is 0. The molecular formula is C39H26N2. The van der Waals surface area contributed by atoms with Gasteiger partial charge in [-0.15, -0.1) is 0 Å². The molecule has 0 spiro atoms. The predicted molar refractivity (Wildman–Crippen MR) is 170 cm³/mol. The first-order chi connectivity index (χ1) is 20.3. The minimum Gasteiger partial charge on any atom is -0.228 e. The molecule has 0 unspecified atom stereocenters. The SMILES string of the molecule is c1ccc(-c2cc(-c3ccc(-c4ccc5c(c4)-c4cc6ccccc6cc4C5)cc3)nc(-c3ccccc3)n2)cc1. The van der Waals surface area contributed by atoms with Gasteiger partial charge in [0.15, 0.2) is 5.82 Å². The molecule has 1 aliphatic carbocycles. The van der Waals surface area contributed by atoms with E-state index in [1.165, 1.54) is 44.2 Å². The second-order valence-electron chi connectivity index (χ2n) is 10.7. The van der Waals surface area contributed by atoms with Crippen molar-refractivity contribution >= 4 is 10.8 Å². The Morgan fingerprint density at radius 3 is 1.61 bits per heavy atom. The van der Waals surface area contributed by atoms with Crippen LogP contribution < -0.4 is 0 Å². The van der Waals surface area contributed by atoms with Gasteiger partial charge in [0.1, 0.15) is 0 Å². The molecule has 8 rings (SSSR count). The first-order valence-corrected chi connectivity index (χ1v) is 14.0. The molecule has 41 heavy (non-hydrogen) atoms. The van der Waals surface area contributed by atoms with Crippen molar-refractivity contribution < 1.29 is 0 Å². The average Bonchev–Trinajstić information content (AvgIpc) is 3.41. The van der Waals surface area contributed by atoms with Crippen LogP contribution in [0.15, 0.2) is 146 Å². The first kappa shape index (κ1) is 23.5. The number of aromatic nitrogens is 2. The standard InChI is InChI=1S/C39H26N2/c1-3-9-27(10-4-1)37-25-38(41-39(40-37)29-11-5-2-6-12-29)28-17-15-26(16-18-28)32-19-20-33-22-34-21-30-13-7-8-14-31(30)23-36(34)35(33)24-32/h1-21,23-25H,22H2. The van der Waals surface area contributed by atoms with E-state index in [1.807, 2.05) is 36.4 Å². The molecule has 1 aliphatic rings. The predicted octanol–water partition coefficient (Wildman–Crippen LogP) is 9.87. The number of hydrogen-bond acceptors (Lipinski definition) is 2. The van der Waals surface area contributed by atoms with Crippen LogP contribution in [0.4, 0.5) is 0 Å². The monoisotopic (exact) mass is 522 g/mol. The molecule has 0 saturated heterocycles. The molecule has 0 fully saturated rings. The molecule has 0 amide bonds. The van der Waals surface area contributed by atoms with Gasteiger partial charge in [-0.05, 0) is 68.8 Å². The summed E-state index contributed by atoms with van der Waals surface area (Å²) in [5, 5.41) is 2.61. The molecule has 0 saturated carbocycles.